The predicted octanol–water partition coefficient (Wildman–Crippen LogP) is 2.57. The SMILES string of the molecule is CCCNC(Cn1cnc2ccccc21)c1cncnc1. The maximum absolute atomic E-state index is 4.45. The number of aromatic nitrogens is 4. The number of nitrogens with zero attached hydrogens (tertiary/aromatic N) is 4. The van der Waals surface area contributed by atoms with E-state index in [1.165, 1.54) is 0 Å². The second-order valence-electron chi connectivity index (χ2n) is 5.06. The van der Waals surface area contributed by atoms with Gasteiger partial charge in [-0.15, -0.1) is 0 Å². The minimum atomic E-state index is 0.184. The molecule has 5 heteroatoms. The standard InChI is InChI=1S/C16H19N5/c1-2-7-19-15(13-8-17-11-18-9-13)10-21-12-20-14-5-3-4-6-16(14)21/h3-6,8-9,11-12,15,19H,2,7,10H2,1H3. The Hall–Kier alpha value is -2.27. The second kappa shape index (κ2) is 6.45. The Morgan fingerprint density at radius 2 is 2.00 bits per heavy atom. The first-order valence-electron chi connectivity index (χ1n) is 7.26. The van der Waals surface area contributed by atoms with Crippen LogP contribution in [0.25, 0.3) is 11.0 Å². The summed E-state index contributed by atoms with van der Waals surface area (Å²) in [5.74, 6) is 0. The molecule has 0 spiro atoms. The summed E-state index contributed by atoms with van der Waals surface area (Å²) in [6, 6.07) is 8.37. The molecule has 1 atom stereocenters. The Kier molecular flexibility index (Phi) is 4.21. The molecule has 0 fully saturated rings. The van der Waals surface area contributed by atoms with Crippen LogP contribution in [0.5, 0.6) is 0 Å². The van der Waals surface area contributed by atoms with Crippen LogP contribution in [0.1, 0.15) is 24.9 Å². The molecule has 5 nitrogen and oxygen atoms in total. The van der Waals surface area contributed by atoms with Gasteiger partial charge in [-0.2, -0.15) is 0 Å². The van der Waals surface area contributed by atoms with Gasteiger partial charge in [0.1, 0.15) is 6.33 Å². The van der Waals surface area contributed by atoms with Crippen molar-refractivity contribution in [2.24, 2.45) is 0 Å². The van der Waals surface area contributed by atoms with Crippen LogP contribution in [0.4, 0.5) is 0 Å². The van der Waals surface area contributed by atoms with Crippen molar-refractivity contribution in [2.75, 3.05) is 6.54 Å². The first kappa shape index (κ1) is 13.7. The number of nitrogens with one attached hydrogen (secondary N) is 1. The molecule has 108 valence electrons. The fourth-order valence-electron chi connectivity index (χ4n) is 2.45. The number of fused-ring (bicyclic) bond motifs is 1. The average Bonchev–Trinajstić information content (AvgIpc) is 2.95. The van der Waals surface area contributed by atoms with Crippen molar-refractivity contribution in [1.29, 1.82) is 0 Å². The van der Waals surface area contributed by atoms with E-state index in [9.17, 15) is 0 Å². The van der Waals surface area contributed by atoms with E-state index in [4.69, 9.17) is 0 Å². The largest absolute Gasteiger partial charge is 0.329 e. The van der Waals surface area contributed by atoms with Crippen molar-refractivity contribution in [3.8, 4) is 0 Å². The van der Waals surface area contributed by atoms with Crippen molar-refractivity contribution in [1.82, 2.24) is 24.8 Å². The average molecular weight is 281 g/mol. The molecule has 2 aromatic heterocycles. The van der Waals surface area contributed by atoms with Gasteiger partial charge >= 0.3 is 0 Å². The maximum atomic E-state index is 4.45. The van der Waals surface area contributed by atoms with Gasteiger partial charge < -0.3 is 9.88 Å². The lowest BCUT2D eigenvalue weighted by atomic mass is 10.1. The number of rotatable bonds is 6. The third-order valence-corrected chi connectivity index (χ3v) is 3.53. The Bertz CT molecular complexity index is 692. The molecule has 1 aromatic carbocycles. The van der Waals surface area contributed by atoms with Crippen LogP contribution in [0.2, 0.25) is 0 Å². The Labute approximate surface area is 124 Å². The first-order chi connectivity index (χ1) is 10.4. The molecule has 0 aliphatic carbocycles. The lowest BCUT2D eigenvalue weighted by Gasteiger charge is -2.19. The molecule has 0 aliphatic heterocycles. The van der Waals surface area contributed by atoms with Crippen LogP contribution < -0.4 is 5.32 Å². The molecule has 1 unspecified atom stereocenters. The highest BCUT2D eigenvalue weighted by molar-refractivity contribution is 5.74. The normalized spacial score (nSPS) is 12.6. The molecule has 0 radical (unpaired) electrons. The number of hydrogen-bond acceptors (Lipinski definition) is 4. The molecule has 2 heterocycles. The van der Waals surface area contributed by atoms with Crippen molar-refractivity contribution in [2.45, 2.75) is 25.9 Å². The summed E-state index contributed by atoms with van der Waals surface area (Å²) >= 11 is 0. The van der Waals surface area contributed by atoms with Gasteiger partial charge in [0.2, 0.25) is 0 Å². The van der Waals surface area contributed by atoms with Gasteiger partial charge in [-0.1, -0.05) is 19.1 Å². The lowest BCUT2D eigenvalue weighted by Crippen LogP contribution is -2.26. The Balaban J connectivity index is 1.87. The summed E-state index contributed by atoms with van der Waals surface area (Å²) in [6.45, 7) is 3.94. The van der Waals surface area contributed by atoms with Crippen LogP contribution >= 0.6 is 0 Å². The van der Waals surface area contributed by atoms with E-state index in [0.717, 1.165) is 36.1 Å². The molecular formula is C16H19N5. The summed E-state index contributed by atoms with van der Waals surface area (Å²) in [5, 5.41) is 3.56. The van der Waals surface area contributed by atoms with Crippen molar-refractivity contribution in [3.63, 3.8) is 0 Å². The van der Waals surface area contributed by atoms with E-state index >= 15 is 0 Å². The third kappa shape index (κ3) is 3.08. The fourth-order valence-corrected chi connectivity index (χ4v) is 2.45. The Morgan fingerprint density at radius 3 is 2.81 bits per heavy atom. The molecule has 1 N–H and O–H groups in total. The maximum Gasteiger partial charge on any atom is 0.115 e. The van der Waals surface area contributed by atoms with E-state index in [0.29, 0.717) is 0 Å². The summed E-state index contributed by atoms with van der Waals surface area (Å²) < 4.78 is 2.18. The zero-order chi connectivity index (χ0) is 14.5. The Morgan fingerprint density at radius 1 is 1.19 bits per heavy atom. The minimum absolute atomic E-state index is 0.184. The van der Waals surface area contributed by atoms with E-state index in [2.05, 4.69) is 37.8 Å². The van der Waals surface area contributed by atoms with E-state index in [1.54, 1.807) is 6.33 Å². The highest BCUT2D eigenvalue weighted by atomic mass is 15.1. The summed E-state index contributed by atoms with van der Waals surface area (Å²) in [5.41, 5.74) is 3.28. The monoisotopic (exact) mass is 281 g/mol. The molecule has 0 saturated carbocycles. The molecule has 3 aromatic rings. The second-order valence-corrected chi connectivity index (χ2v) is 5.06. The van der Waals surface area contributed by atoms with Crippen LogP contribution in [-0.2, 0) is 6.54 Å². The molecule has 3 rings (SSSR count). The van der Waals surface area contributed by atoms with E-state index in [1.807, 2.05) is 36.9 Å². The summed E-state index contributed by atoms with van der Waals surface area (Å²) in [4.78, 5) is 12.7. The predicted molar refractivity (Wildman–Crippen MR) is 82.8 cm³/mol. The molecule has 0 bridgehead atoms. The van der Waals surface area contributed by atoms with Gasteiger partial charge in [0, 0.05) is 24.5 Å². The number of benzene rings is 1. The van der Waals surface area contributed by atoms with Gasteiger partial charge in [0.15, 0.2) is 0 Å². The smallest absolute Gasteiger partial charge is 0.115 e. The molecule has 0 amide bonds. The highest BCUT2D eigenvalue weighted by Gasteiger charge is 2.13. The summed E-state index contributed by atoms with van der Waals surface area (Å²) in [7, 11) is 0. The van der Waals surface area contributed by atoms with Crippen molar-refractivity contribution in [3.05, 3.63) is 54.9 Å². The molecular weight excluding hydrogens is 262 g/mol. The van der Waals surface area contributed by atoms with Crippen LogP contribution in [0, 0.1) is 0 Å². The van der Waals surface area contributed by atoms with E-state index < -0.39 is 0 Å². The van der Waals surface area contributed by atoms with Crippen LogP contribution in [0.15, 0.2) is 49.3 Å². The zero-order valence-electron chi connectivity index (χ0n) is 12.1. The zero-order valence-corrected chi connectivity index (χ0v) is 12.1. The molecule has 0 saturated heterocycles. The van der Waals surface area contributed by atoms with Gasteiger partial charge in [-0.3, -0.25) is 0 Å². The quantitative estimate of drug-likeness (QED) is 0.754. The van der Waals surface area contributed by atoms with Gasteiger partial charge in [-0.05, 0) is 25.1 Å². The van der Waals surface area contributed by atoms with Gasteiger partial charge in [0.05, 0.1) is 23.4 Å². The summed E-state index contributed by atoms with van der Waals surface area (Å²) in [6.07, 6.45) is 8.30. The molecule has 0 aliphatic rings. The van der Waals surface area contributed by atoms with E-state index in [-0.39, 0.29) is 6.04 Å². The van der Waals surface area contributed by atoms with Gasteiger partial charge in [-0.25, -0.2) is 15.0 Å². The third-order valence-electron chi connectivity index (χ3n) is 3.53. The van der Waals surface area contributed by atoms with Crippen molar-refractivity contribution < 1.29 is 0 Å². The van der Waals surface area contributed by atoms with Gasteiger partial charge in [0.25, 0.3) is 0 Å². The molecule has 21 heavy (non-hydrogen) atoms. The highest BCUT2D eigenvalue weighted by Crippen LogP contribution is 2.18. The minimum Gasteiger partial charge on any atom is -0.329 e. The fraction of sp³-hybridized carbons (Fsp3) is 0.312. The van der Waals surface area contributed by atoms with Crippen molar-refractivity contribution >= 4 is 11.0 Å². The lowest BCUT2D eigenvalue weighted by molar-refractivity contribution is 0.466. The van der Waals surface area contributed by atoms with Crippen LogP contribution in [-0.4, -0.2) is 26.1 Å². The first-order valence-corrected chi connectivity index (χ1v) is 7.26. The number of hydrogen-bond donors (Lipinski definition) is 1. The number of imidazole rings is 1. The van der Waals surface area contributed by atoms with Crippen LogP contribution in [0.3, 0.4) is 0 Å². The topological polar surface area (TPSA) is 55.6 Å². The number of para-hydroxylation sites is 2.